The first-order chi connectivity index (χ1) is 11.2. The number of benzene rings is 2. The predicted octanol–water partition coefficient (Wildman–Crippen LogP) is 3.02. The van der Waals surface area contributed by atoms with Crippen LogP contribution in [0.4, 0.5) is 21.0 Å². The second-order valence-electron chi connectivity index (χ2n) is 4.85. The van der Waals surface area contributed by atoms with Crippen molar-refractivity contribution >= 4 is 23.4 Å². The standard InChI is InChI=1S/C17H20N4O2/c22-16(20-14-8-3-1-4-9-14)18-12-7-13-19-17(23)21-15-10-5-2-6-11-15/h1-6,8-11H,7,12-13H2,(H2,18,20,22)(H2,19,21,23). The summed E-state index contributed by atoms with van der Waals surface area (Å²) in [6.07, 6.45) is 0.643. The maximum absolute atomic E-state index is 11.6. The molecule has 0 atom stereocenters. The number of carbonyl (C=O) groups excluding carboxylic acids is 2. The van der Waals surface area contributed by atoms with E-state index in [0.29, 0.717) is 19.5 Å². The molecule has 120 valence electrons. The van der Waals surface area contributed by atoms with Crippen molar-refractivity contribution in [1.29, 1.82) is 0 Å². The molecule has 0 unspecified atom stereocenters. The van der Waals surface area contributed by atoms with E-state index in [-0.39, 0.29) is 12.1 Å². The highest BCUT2D eigenvalue weighted by molar-refractivity contribution is 5.89. The molecule has 0 aromatic heterocycles. The molecule has 2 aromatic rings. The van der Waals surface area contributed by atoms with E-state index in [1.54, 1.807) is 0 Å². The third-order valence-electron chi connectivity index (χ3n) is 2.99. The Morgan fingerprint density at radius 1 is 0.652 bits per heavy atom. The summed E-state index contributed by atoms with van der Waals surface area (Å²) in [4.78, 5) is 23.3. The molecule has 0 bridgehead atoms. The zero-order valence-electron chi connectivity index (χ0n) is 12.7. The average molecular weight is 312 g/mol. The highest BCUT2D eigenvalue weighted by Gasteiger charge is 2.02. The van der Waals surface area contributed by atoms with Gasteiger partial charge in [0, 0.05) is 24.5 Å². The fraction of sp³-hybridized carbons (Fsp3) is 0.176. The van der Waals surface area contributed by atoms with Crippen molar-refractivity contribution in [2.45, 2.75) is 6.42 Å². The van der Waals surface area contributed by atoms with Crippen LogP contribution in [0.2, 0.25) is 0 Å². The monoisotopic (exact) mass is 312 g/mol. The van der Waals surface area contributed by atoms with Crippen LogP contribution >= 0.6 is 0 Å². The van der Waals surface area contributed by atoms with Crippen LogP contribution in [-0.4, -0.2) is 25.2 Å². The second-order valence-corrected chi connectivity index (χ2v) is 4.85. The fourth-order valence-electron chi connectivity index (χ4n) is 1.89. The molecule has 0 spiro atoms. The van der Waals surface area contributed by atoms with Gasteiger partial charge < -0.3 is 21.3 Å². The molecule has 2 rings (SSSR count). The lowest BCUT2D eigenvalue weighted by atomic mass is 10.3. The van der Waals surface area contributed by atoms with Gasteiger partial charge in [-0.25, -0.2) is 9.59 Å². The van der Waals surface area contributed by atoms with Crippen LogP contribution < -0.4 is 21.3 Å². The summed E-state index contributed by atoms with van der Waals surface area (Å²) < 4.78 is 0. The van der Waals surface area contributed by atoms with Gasteiger partial charge in [-0.15, -0.1) is 0 Å². The summed E-state index contributed by atoms with van der Waals surface area (Å²) >= 11 is 0. The summed E-state index contributed by atoms with van der Waals surface area (Å²) in [6.45, 7) is 0.953. The van der Waals surface area contributed by atoms with Crippen molar-refractivity contribution < 1.29 is 9.59 Å². The molecule has 4 N–H and O–H groups in total. The van der Waals surface area contributed by atoms with Gasteiger partial charge in [0.05, 0.1) is 0 Å². The molecule has 0 aliphatic carbocycles. The van der Waals surface area contributed by atoms with Gasteiger partial charge in [0.15, 0.2) is 0 Å². The molecule has 0 aliphatic heterocycles. The molecule has 0 fully saturated rings. The summed E-state index contributed by atoms with van der Waals surface area (Å²) in [5, 5.41) is 10.9. The molecule has 0 saturated carbocycles. The first kappa shape index (κ1) is 16.4. The van der Waals surface area contributed by atoms with Crippen molar-refractivity contribution in [3.05, 3.63) is 60.7 Å². The quantitative estimate of drug-likeness (QED) is 0.618. The molecule has 0 aliphatic rings. The number of nitrogens with one attached hydrogen (secondary N) is 4. The van der Waals surface area contributed by atoms with Crippen LogP contribution in [0, 0.1) is 0 Å². The predicted molar refractivity (Wildman–Crippen MR) is 91.5 cm³/mol. The summed E-state index contributed by atoms with van der Waals surface area (Å²) in [5.74, 6) is 0. The van der Waals surface area contributed by atoms with E-state index in [1.165, 1.54) is 0 Å². The molecule has 0 saturated heterocycles. The van der Waals surface area contributed by atoms with Crippen molar-refractivity contribution in [1.82, 2.24) is 10.6 Å². The van der Waals surface area contributed by atoms with Gasteiger partial charge in [-0.2, -0.15) is 0 Å². The van der Waals surface area contributed by atoms with Crippen LogP contribution in [0.5, 0.6) is 0 Å². The van der Waals surface area contributed by atoms with Gasteiger partial charge in [0.25, 0.3) is 0 Å². The van der Waals surface area contributed by atoms with Crippen molar-refractivity contribution in [3.8, 4) is 0 Å². The molecule has 0 heterocycles. The normalized spacial score (nSPS) is 9.74. The Kier molecular flexibility index (Phi) is 6.46. The average Bonchev–Trinajstić information content (AvgIpc) is 2.56. The molecule has 23 heavy (non-hydrogen) atoms. The van der Waals surface area contributed by atoms with E-state index >= 15 is 0 Å². The van der Waals surface area contributed by atoms with Crippen LogP contribution in [0.3, 0.4) is 0 Å². The molecule has 2 aromatic carbocycles. The molecular formula is C17H20N4O2. The number of anilines is 2. The number of hydrogen-bond donors (Lipinski definition) is 4. The SMILES string of the molecule is O=C(NCCCNC(=O)Nc1ccccc1)Nc1ccccc1. The Bertz CT molecular complexity index is 562. The van der Waals surface area contributed by atoms with Crippen LogP contribution in [0.15, 0.2) is 60.7 Å². The second kappa shape index (κ2) is 9.09. The molecule has 0 radical (unpaired) electrons. The van der Waals surface area contributed by atoms with E-state index in [4.69, 9.17) is 0 Å². The first-order valence-corrected chi connectivity index (χ1v) is 7.44. The Morgan fingerprint density at radius 2 is 1.04 bits per heavy atom. The number of urea groups is 2. The summed E-state index contributed by atoms with van der Waals surface area (Å²) in [7, 11) is 0. The zero-order valence-corrected chi connectivity index (χ0v) is 12.7. The van der Waals surface area contributed by atoms with Crippen LogP contribution in [0.25, 0.3) is 0 Å². The maximum atomic E-state index is 11.6. The number of rotatable bonds is 6. The smallest absolute Gasteiger partial charge is 0.319 e. The molecular weight excluding hydrogens is 292 g/mol. The lowest BCUT2D eigenvalue weighted by Gasteiger charge is -2.09. The van der Waals surface area contributed by atoms with E-state index in [1.807, 2.05) is 60.7 Å². The largest absolute Gasteiger partial charge is 0.338 e. The Balaban J connectivity index is 1.55. The Hall–Kier alpha value is -3.02. The fourth-order valence-corrected chi connectivity index (χ4v) is 1.89. The minimum Gasteiger partial charge on any atom is -0.338 e. The van der Waals surface area contributed by atoms with Crippen molar-refractivity contribution in [2.24, 2.45) is 0 Å². The lowest BCUT2D eigenvalue weighted by molar-refractivity contribution is 0.251. The van der Waals surface area contributed by atoms with Crippen molar-refractivity contribution in [3.63, 3.8) is 0 Å². The Morgan fingerprint density at radius 3 is 1.43 bits per heavy atom. The van der Waals surface area contributed by atoms with Gasteiger partial charge in [-0.3, -0.25) is 0 Å². The molecule has 6 nitrogen and oxygen atoms in total. The van der Waals surface area contributed by atoms with Gasteiger partial charge in [0.2, 0.25) is 0 Å². The third kappa shape index (κ3) is 6.52. The first-order valence-electron chi connectivity index (χ1n) is 7.44. The van der Waals surface area contributed by atoms with Crippen LogP contribution in [0.1, 0.15) is 6.42 Å². The van der Waals surface area contributed by atoms with E-state index in [9.17, 15) is 9.59 Å². The van der Waals surface area contributed by atoms with Gasteiger partial charge in [-0.1, -0.05) is 36.4 Å². The number of para-hydroxylation sites is 2. The van der Waals surface area contributed by atoms with E-state index in [2.05, 4.69) is 21.3 Å². The van der Waals surface area contributed by atoms with Crippen molar-refractivity contribution in [2.75, 3.05) is 23.7 Å². The lowest BCUT2D eigenvalue weighted by Crippen LogP contribution is -2.34. The minimum atomic E-state index is -0.259. The molecule has 4 amide bonds. The van der Waals surface area contributed by atoms with E-state index < -0.39 is 0 Å². The number of hydrogen-bond acceptors (Lipinski definition) is 2. The zero-order chi connectivity index (χ0) is 16.3. The summed E-state index contributed by atoms with van der Waals surface area (Å²) in [5.41, 5.74) is 1.48. The number of carbonyl (C=O) groups is 2. The number of amides is 4. The molecule has 6 heteroatoms. The van der Waals surface area contributed by atoms with Gasteiger partial charge in [0.1, 0.15) is 0 Å². The highest BCUT2D eigenvalue weighted by Crippen LogP contribution is 2.04. The topological polar surface area (TPSA) is 82.3 Å². The van der Waals surface area contributed by atoms with E-state index in [0.717, 1.165) is 11.4 Å². The Labute approximate surface area is 135 Å². The maximum Gasteiger partial charge on any atom is 0.319 e. The third-order valence-corrected chi connectivity index (χ3v) is 2.99. The minimum absolute atomic E-state index is 0.259. The van der Waals surface area contributed by atoms with Gasteiger partial charge in [-0.05, 0) is 30.7 Å². The highest BCUT2D eigenvalue weighted by atomic mass is 16.2. The summed E-state index contributed by atoms with van der Waals surface area (Å²) in [6, 6.07) is 17.9. The van der Waals surface area contributed by atoms with Gasteiger partial charge >= 0.3 is 12.1 Å². The van der Waals surface area contributed by atoms with Crippen LogP contribution in [-0.2, 0) is 0 Å².